The van der Waals surface area contributed by atoms with Crippen LogP contribution in [0, 0.1) is 0 Å². The topological polar surface area (TPSA) is 35.2 Å². The van der Waals surface area contributed by atoms with Gasteiger partial charge < -0.3 is 10.5 Å². The first-order valence-electron chi connectivity index (χ1n) is 3.05. The van der Waals surface area contributed by atoms with Gasteiger partial charge in [0.2, 0.25) is 0 Å². The van der Waals surface area contributed by atoms with Crippen molar-refractivity contribution in [2.24, 2.45) is 5.73 Å². The van der Waals surface area contributed by atoms with Crippen LogP contribution in [0.15, 0.2) is 0 Å². The van der Waals surface area contributed by atoms with Crippen LogP contribution in [-0.2, 0) is 4.74 Å². The van der Waals surface area contributed by atoms with E-state index in [-0.39, 0.29) is 6.04 Å². The maximum absolute atomic E-state index is 5.57. The minimum absolute atomic E-state index is 0.241. The highest BCUT2D eigenvalue weighted by Crippen LogP contribution is 1.91. The summed E-state index contributed by atoms with van der Waals surface area (Å²) >= 11 is 0. The van der Waals surface area contributed by atoms with Gasteiger partial charge in [-0.15, -0.1) is 0 Å². The van der Waals surface area contributed by atoms with Crippen molar-refractivity contribution >= 4 is 0 Å². The zero-order chi connectivity index (χ0) is 6.41. The fourth-order valence-corrected chi connectivity index (χ4v) is 0.668. The summed E-state index contributed by atoms with van der Waals surface area (Å²) in [7, 11) is 1.68. The lowest BCUT2D eigenvalue weighted by Gasteiger charge is -2.06. The van der Waals surface area contributed by atoms with Gasteiger partial charge in [0.25, 0.3) is 0 Å². The van der Waals surface area contributed by atoms with Crippen molar-refractivity contribution in [3.63, 3.8) is 0 Å². The van der Waals surface area contributed by atoms with Gasteiger partial charge in [-0.05, 0) is 6.42 Å². The van der Waals surface area contributed by atoms with Gasteiger partial charge in [-0.1, -0.05) is 13.3 Å². The van der Waals surface area contributed by atoms with Crippen molar-refractivity contribution in [1.29, 1.82) is 0 Å². The molecule has 0 unspecified atom stereocenters. The van der Waals surface area contributed by atoms with Gasteiger partial charge in [0.05, 0.1) is 6.61 Å². The summed E-state index contributed by atoms with van der Waals surface area (Å²) in [5, 5.41) is 0. The molecule has 1 atom stereocenters. The highest BCUT2D eigenvalue weighted by atomic mass is 16.5. The second-order valence-corrected chi connectivity index (χ2v) is 2.00. The highest BCUT2D eigenvalue weighted by molar-refractivity contribution is 4.56. The molecule has 50 valence electrons. The van der Waals surface area contributed by atoms with Crippen LogP contribution in [0.2, 0.25) is 0 Å². The Morgan fingerprint density at radius 2 is 2.25 bits per heavy atom. The Balaban J connectivity index is 2.92. The molecule has 8 heavy (non-hydrogen) atoms. The molecule has 0 spiro atoms. The molecular formula is C6H15NO. The quantitative estimate of drug-likeness (QED) is 0.590. The lowest BCUT2D eigenvalue weighted by molar-refractivity contribution is 0.176. The van der Waals surface area contributed by atoms with Crippen molar-refractivity contribution < 1.29 is 4.74 Å². The predicted octanol–water partition coefficient (Wildman–Crippen LogP) is 0.760. The van der Waals surface area contributed by atoms with Crippen LogP contribution in [0.3, 0.4) is 0 Å². The SMILES string of the molecule is CCC[C@@H](N)COC. The summed E-state index contributed by atoms with van der Waals surface area (Å²) in [6, 6.07) is 0.241. The molecule has 0 rings (SSSR count). The summed E-state index contributed by atoms with van der Waals surface area (Å²) in [6.45, 7) is 2.81. The lowest BCUT2D eigenvalue weighted by atomic mass is 10.2. The first kappa shape index (κ1) is 7.92. The van der Waals surface area contributed by atoms with E-state index in [9.17, 15) is 0 Å². The van der Waals surface area contributed by atoms with E-state index in [4.69, 9.17) is 10.5 Å². The molecule has 0 amide bonds. The first-order valence-corrected chi connectivity index (χ1v) is 3.05. The Morgan fingerprint density at radius 3 is 2.62 bits per heavy atom. The van der Waals surface area contributed by atoms with Crippen LogP contribution in [0.1, 0.15) is 19.8 Å². The Hall–Kier alpha value is -0.0800. The molecule has 0 saturated heterocycles. The third-order valence-electron chi connectivity index (χ3n) is 1.04. The second-order valence-electron chi connectivity index (χ2n) is 2.00. The monoisotopic (exact) mass is 117 g/mol. The summed E-state index contributed by atoms with van der Waals surface area (Å²) in [4.78, 5) is 0. The normalized spacial score (nSPS) is 13.9. The average molecular weight is 117 g/mol. The summed E-state index contributed by atoms with van der Waals surface area (Å²) < 4.78 is 4.83. The standard InChI is InChI=1S/C6H15NO/c1-3-4-6(7)5-8-2/h6H,3-5,7H2,1-2H3/t6-/m1/s1. The Morgan fingerprint density at radius 1 is 1.62 bits per heavy atom. The van der Waals surface area contributed by atoms with E-state index in [1.807, 2.05) is 0 Å². The van der Waals surface area contributed by atoms with Crippen molar-refractivity contribution in [3.8, 4) is 0 Å². The number of nitrogens with two attached hydrogens (primary N) is 1. The van der Waals surface area contributed by atoms with E-state index in [1.165, 1.54) is 0 Å². The van der Waals surface area contributed by atoms with Crippen LogP contribution in [-0.4, -0.2) is 19.8 Å². The predicted molar refractivity (Wildman–Crippen MR) is 34.8 cm³/mol. The van der Waals surface area contributed by atoms with Crippen LogP contribution in [0.4, 0.5) is 0 Å². The number of hydrogen-bond acceptors (Lipinski definition) is 2. The number of rotatable bonds is 4. The zero-order valence-corrected chi connectivity index (χ0v) is 5.68. The van der Waals surface area contributed by atoms with Gasteiger partial charge >= 0.3 is 0 Å². The zero-order valence-electron chi connectivity index (χ0n) is 5.68. The Kier molecular flexibility index (Phi) is 5.01. The molecule has 0 aromatic heterocycles. The van der Waals surface area contributed by atoms with E-state index in [0.717, 1.165) is 12.8 Å². The molecule has 0 saturated carbocycles. The molecule has 2 N–H and O–H groups in total. The molecule has 2 heteroatoms. The lowest BCUT2D eigenvalue weighted by Crippen LogP contribution is -2.24. The van der Waals surface area contributed by atoms with Crippen molar-refractivity contribution in [2.45, 2.75) is 25.8 Å². The maximum Gasteiger partial charge on any atom is 0.0613 e. The number of methoxy groups -OCH3 is 1. The first-order chi connectivity index (χ1) is 3.81. The van der Waals surface area contributed by atoms with Gasteiger partial charge in [0.15, 0.2) is 0 Å². The van der Waals surface area contributed by atoms with Crippen LogP contribution in [0.25, 0.3) is 0 Å². The molecule has 0 aromatic carbocycles. The fourth-order valence-electron chi connectivity index (χ4n) is 0.668. The average Bonchev–Trinajstić information content (AvgIpc) is 1.68. The molecule has 0 aliphatic carbocycles. The van der Waals surface area contributed by atoms with Crippen molar-refractivity contribution in [2.75, 3.05) is 13.7 Å². The van der Waals surface area contributed by atoms with Gasteiger partial charge in [0, 0.05) is 13.2 Å². The molecule has 0 heterocycles. The second kappa shape index (κ2) is 5.06. The van der Waals surface area contributed by atoms with E-state index in [2.05, 4.69) is 6.92 Å². The van der Waals surface area contributed by atoms with E-state index in [0.29, 0.717) is 6.61 Å². The third kappa shape index (κ3) is 4.09. The Labute approximate surface area is 51.0 Å². The van der Waals surface area contributed by atoms with Crippen LogP contribution < -0.4 is 5.73 Å². The smallest absolute Gasteiger partial charge is 0.0613 e. The van der Waals surface area contributed by atoms with Gasteiger partial charge in [-0.3, -0.25) is 0 Å². The number of hydrogen-bond donors (Lipinski definition) is 1. The van der Waals surface area contributed by atoms with Gasteiger partial charge in [-0.25, -0.2) is 0 Å². The van der Waals surface area contributed by atoms with Gasteiger partial charge in [-0.2, -0.15) is 0 Å². The van der Waals surface area contributed by atoms with E-state index >= 15 is 0 Å². The van der Waals surface area contributed by atoms with Crippen LogP contribution in [0.5, 0.6) is 0 Å². The molecule has 0 bridgehead atoms. The summed E-state index contributed by atoms with van der Waals surface area (Å²) in [6.07, 6.45) is 2.21. The Bertz CT molecular complexity index is 41.8. The van der Waals surface area contributed by atoms with E-state index < -0.39 is 0 Å². The molecular weight excluding hydrogens is 102 g/mol. The summed E-state index contributed by atoms with van der Waals surface area (Å²) in [5.41, 5.74) is 5.57. The molecule has 0 radical (unpaired) electrons. The van der Waals surface area contributed by atoms with Crippen molar-refractivity contribution in [3.05, 3.63) is 0 Å². The highest BCUT2D eigenvalue weighted by Gasteiger charge is 1.96. The largest absolute Gasteiger partial charge is 0.383 e. The molecule has 0 fully saturated rings. The molecule has 0 aromatic rings. The van der Waals surface area contributed by atoms with Crippen LogP contribution >= 0.6 is 0 Å². The molecule has 0 aliphatic rings. The van der Waals surface area contributed by atoms with Crippen molar-refractivity contribution in [1.82, 2.24) is 0 Å². The van der Waals surface area contributed by atoms with Gasteiger partial charge in [0.1, 0.15) is 0 Å². The maximum atomic E-state index is 5.57. The third-order valence-corrected chi connectivity index (χ3v) is 1.04. The minimum Gasteiger partial charge on any atom is -0.383 e. The van der Waals surface area contributed by atoms with E-state index in [1.54, 1.807) is 7.11 Å². The fraction of sp³-hybridized carbons (Fsp3) is 1.00. The molecule has 0 aliphatic heterocycles. The number of ether oxygens (including phenoxy) is 1. The molecule has 2 nitrogen and oxygen atoms in total. The summed E-state index contributed by atoms with van der Waals surface area (Å²) in [5.74, 6) is 0. The minimum atomic E-state index is 0.241.